The van der Waals surface area contributed by atoms with Gasteiger partial charge in [-0.1, -0.05) is 0 Å². The largest absolute Gasteiger partial charge is 0.494 e. The van der Waals surface area contributed by atoms with Crippen molar-refractivity contribution < 1.29 is 27.9 Å². The molecule has 9 heteroatoms. The number of rotatable bonds is 4. The lowest BCUT2D eigenvalue weighted by atomic mass is 9.96. The predicted octanol–water partition coefficient (Wildman–Crippen LogP) is 2.62. The molecule has 2 amide bonds. The Morgan fingerprint density at radius 2 is 1.77 bits per heavy atom. The van der Waals surface area contributed by atoms with Crippen LogP contribution in [0.25, 0.3) is 0 Å². The molecule has 0 radical (unpaired) electrons. The van der Waals surface area contributed by atoms with Crippen molar-refractivity contribution in [3.8, 4) is 5.75 Å². The first kappa shape index (κ1) is 21.3. The quantitative estimate of drug-likeness (QED) is 0.740. The van der Waals surface area contributed by atoms with Gasteiger partial charge in [0.1, 0.15) is 5.76 Å². The van der Waals surface area contributed by atoms with Crippen LogP contribution in [-0.2, 0) is 4.74 Å². The Labute approximate surface area is 179 Å². The van der Waals surface area contributed by atoms with Crippen LogP contribution in [0.15, 0.2) is 22.6 Å². The number of halogens is 1. The second-order valence-electron chi connectivity index (χ2n) is 7.78. The molecule has 0 N–H and O–H groups in total. The van der Waals surface area contributed by atoms with Crippen LogP contribution in [0, 0.1) is 12.7 Å². The molecule has 31 heavy (non-hydrogen) atoms. The molecule has 0 atom stereocenters. The van der Waals surface area contributed by atoms with Gasteiger partial charge in [-0.3, -0.25) is 9.59 Å². The molecule has 2 aliphatic heterocycles. The number of amides is 2. The fourth-order valence-electron chi connectivity index (χ4n) is 4.02. The van der Waals surface area contributed by atoms with Crippen molar-refractivity contribution in [3.05, 3.63) is 46.9 Å². The van der Waals surface area contributed by atoms with E-state index in [4.69, 9.17) is 13.9 Å². The minimum absolute atomic E-state index is 0.0293. The van der Waals surface area contributed by atoms with Crippen molar-refractivity contribution in [1.29, 1.82) is 0 Å². The lowest BCUT2D eigenvalue weighted by molar-refractivity contribution is 0.0298. The molecule has 2 aliphatic rings. The standard InChI is InChI=1S/C22H26FN3O5/c1-14-19(22(28)26-9-11-30-12-10-26)24-20(31-14)15-5-7-25(8-6-15)21(27)16-3-4-18(29-2)17(23)13-16/h3-4,13,15H,5-12H2,1-2H3. The van der Waals surface area contributed by atoms with E-state index in [1.165, 1.54) is 19.2 Å². The number of aromatic nitrogens is 1. The number of carbonyl (C=O) groups excluding carboxylic acids is 2. The molecule has 0 spiro atoms. The van der Waals surface area contributed by atoms with E-state index in [1.54, 1.807) is 22.8 Å². The number of morpholine rings is 1. The first-order valence-corrected chi connectivity index (χ1v) is 10.4. The van der Waals surface area contributed by atoms with Crippen LogP contribution in [0.5, 0.6) is 5.75 Å². The lowest BCUT2D eigenvalue weighted by Crippen LogP contribution is -2.41. The van der Waals surface area contributed by atoms with E-state index < -0.39 is 5.82 Å². The zero-order valence-electron chi connectivity index (χ0n) is 17.7. The van der Waals surface area contributed by atoms with Crippen LogP contribution in [-0.4, -0.2) is 73.1 Å². The minimum atomic E-state index is -0.559. The summed E-state index contributed by atoms with van der Waals surface area (Å²) in [5.74, 6) is 0.279. The summed E-state index contributed by atoms with van der Waals surface area (Å²) >= 11 is 0. The van der Waals surface area contributed by atoms with Gasteiger partial charge in [-0.2, -0.15) is 0 Å². The normalized spacial score (nSPS) is 17.6. The maximum absolute atomic E-state index is 13.9. The Kier molecular flexibility index (Phi) is 6.22. The highest BCUT2D eigenvalue weighted by atomic mass is 19.1. The summed E-state index contributed by atoms with van der Waals surface area (Å²) in [5, 5.41) is 0. The Balaban J connectivity index is 1.39. The van der Waals surface area contributed by atoms with E-state index in [1.807, 2.05) is 0 Å². The zero-order chi connectivity index (χ0) is 22.0. The van der Waals surface area contributed by atoms with Crippen molar-refractivity contribution >= 4 is 11.8 Å². The highest BCUT2D eigenvalue weighted by Gasteiger charge is 2.31. The van der Waals surface area contributed by atoms with E-state index >= 15 is 0 Å². The number of carbonyl (C=O) groups is 2. The molecule has 2 aromatic rings. The van der Waals surface area contributed by atoms with Crippen LogP contribution in [0.3, 0.4) is 0 Å². The highest BCUT2D eigenvalue weighted by molar-refractivity contribution is 5.94. The van der Waals surface area contributed by atoms with Gasteiger partial charge in [0.05, 0.1) is 20.3 Å². The Bertz CT molecular complexity index is 962. The average Bonchev–Trinajstić information content (AvgIpc) is 3.20. The van der Waals surface area contributed by atoms with Crippen molar-refractivity contribution in [2.24, 2.45) is 0 Å². The van der Waals surface area contributed by atoms with Gasteiger partial charge < -0.3 is 23.7 Å². The molecule has 1 aromatic carbocycles. The first-order valence-electron chi connectivity index (χ1n) is 10.4. The number of nitrogens with zero attached hydrogens (tertiary/aromatic N) is 3. The molecule has 2 fully saturated rings. The van der Waals surface area contributed by atoms with Gasteiger partial charge in [0.2, 0.25) is 0 Å². The second-order valence-corrected chi connectivity index (χ2v) is 7.78. The van der Waals surface area contributed by atoms with E-state index in [0.29, 0.717) is 75.1 Å². The summed E-state index contributed by atoms with van der Waals surface area (Å²) < 4.78 is 30.0. The number of oxazole rings is 1. The lowest BCUT2D eigenvalue weighted by Gasteiger charge is -2.30. The van der Waals surface area contributed by atoms with Crippen LogP contribution < -0.4 is 4.74 Å². The summed E-state index contributed by atoms with van der Waals surface area (Å²) in [4.78, 5) is 33.4. The summed E-state index contributed by atoms with van der Waals surface area (Å²) in [7, 11) is 1.38. The van der Waals surface area contributed by atoms with Crippen molar-refractivity contribution in [3.63, 3.8) is 0 Å². The maximum Gasteiger partial charge on any atom is 0.276 e. The molecule has 0 aliphatic carbocycles. The number of benzene rings is 1. The van der Waals surface area contributed by atoms with E-state index in [9.17, 15) is 14.0 Å². The number of ether oxygens (including phenoxy) is 2. The second kappa shape index (κ2) is 9.05. The van der Waals surface area contributed by atoms with Crippen molar-refractivity contribution in [1.82, 2.24) is 14.8 Å². The summed E-state index contributed by atoms with van der Waals surface area (Å²) in [6, 6.07) is 4.23. The first-order chi connectivity index (χ1) is 15.0. The van der Waals surface area contributed by atoms with Gasteiger partial charge >= 0.3 is 0 Å². The number of piperidine rings is 1. The molecule has 3 heterocycles. The summed E-state index contributed by atoms with van der Waals surface area (Å²) in [6.45, 7) is 4.91. The summed E-state index contributed by atoms with van der Waals surface area (Å²) in [5.41, 5.74) is 0.645. The van der Waals surface area contributed by atoms with Crippen LogP contribution in [0.2, 0.25) is 0 Å². The van der Waals surface area contributed by atoms with Gasteiger partial charge in [-0.05, 0) is 38.0 Å². The Hall–Kier alpha value is -2.94. The van der Waals surface area contributed by atoms with Crippen molar-refractivity contribution in [2.45, 2.75) is 25.7 Å². The molecule has 0 unspecified atom stereocenters. The molecule has 166 valence electrons. The molecule has 4 rings (SSSR count). The van der Waals surface area contributed by atoms with Crippen molar-refractivity contribution in [2.75, 3.05) is 46.5 Å². The molecule has 0 saturated carbocycles. The topological polar surface area (TPSA) is 85.1 Å². The third-order valence-corrected chi connectivity index (χ3v) is 5.84. The number of hydrogen-bond acceptors (Lipinski definition) is 6. The van der Waals surface area contributed by atoms with Gasteiger partial charge in [0.15, 0.2) is 23.2 Å². The zero-order valence-corrected chi connectivity index (χ0v) is 17.7. The molecule has 1 aromatic heterocycles. The smallest absolute Gasteiger partial charge is 0.276 e. The fraction of sp³-hybridized carbons (Fsp3) is 0.500. The SMILES string of the molecule is COc1ccc(C(=O)N2CCC(c3nc(C(=O)N4CCOCC4)c(C)o3)CC2)cc1F. The minimum Gasteiger partial charge on any atom is -0.494 e. The van der Waals surface area contributed by atoms with Gasteiger partial charge in [0, 0.05) is 37.7 Å². The monoisotopic (exact) mass is 431 g/mol. The third kappa shape index (κ3) is 4.41. The van der Waals surface area contributed by atoms with Gasteiger partial charge in [-0.25, -0.2) is 9.37 Å². The van der Waals surface area contributed by atoms with E-state index in [2.05, 4.69) is 4.98 Å². The molecule has 2 saturated heterocycles. The van der Waals surface area contributed by atoms with Crippen LogP contribution in [0.4, 0.5) is 4.39 Å². The maximum atomic E-state index is 13.9. The third-order valence-electron chi connectivity index (χ3n) is 5.84. The molecular weight excluding hydrogens is 405 g/mol. The number of hydrogen-bond donors (Lipinski definition) is 0. The van der Waals surface area contributed by atoms with E-state index in [0.717, 1.165) is 0 Å². The predicted molar refractivity (Wildman–Crippen MR) is 109 cm³/mol. The van der Waals surface area contributed by atoms with Gasteiger partial charge in [-0.15, -0.1) is 0 Å². The average molecular weight is 431 g/mol. The summed E-state index contributed by atoms with van der Waals surface area (Å²) in [6.07, 6.45) is 1.32. The van der Waals surface area contributed by atoms with E-state index in [-0.39, 0.29) is 23.5 Å². The number of aryl methyl sites for hydroxylation is 1. The molecule has 0 bridgehead atoms. The number of likely N-dealkylation sites (tertiary alicyclic amines) is 1. The Morgan fingerprint density at radius 1 is 1.10 bits per heavy atom. The van der Waals surface area contributed by atoms with Crippen LogP contribution >= 0.6 is 0 Å². The van der Waals surface area contributed by atoms with Gasteiger partial charge in [0.25, 0.3) is 11.8 Å². The fourth-order valence-corrected chi connectivity index (χ4v) is 4.02. The molecular formula is C22H26FN3O5. The highest BCUT2D eigenvalue weighted by Crippen LogP contribution is 2.30. The number of methoxy groups -OCH3 is 1. The molecule has 8 nitrogen and oxygen atoms in total. The Morgan fingerprint density at radius 3 is 2.42 bits per heavy atom. The van der Waals surface area contributed by atoms with Crippen LogP contribution in [0.1, 0.15) is 51.3 Å².